The van der Waals surface area contributed by atoms with E-state index in [2.05, 4.69) is 73.1 Å². The van der Waals surface area contributed by atoms with Crippen LogP contribution in [0.1, 0.15) is 36.5 Å². The molecule has 13 rings (SSSR count). The van der Waals surface area contributed by atoms with Crippen LogP contribution in [0.25, 0.3) is 76.9 Å². The van der Waals surface area contributed by atoms with E-state index in [4.69, 9.17) is 46.2 Å². The fourth-order valence-electron chi connectivity index (χ4n) is 9.72. The van der Waals surface area contributed by atoms with E-state index in [0.717, 1.165) is 80.9 Å². The van der Waals surface area contributed by atoms with Gasteiger partial charge in [0.1, 0.15) is 32.6 Å². The number of halogens is 2. The predicted octanol–water partition coefficient (Wildman–Crippen LogP) is 15.5. The van der Waals surface area contributed by atoms with Gasteiger partial charge in [-0.3, -0.25) is 14.5 Å². The molecular weight excluding hydrogens is 1060 g/mol. The first-order chi connectivity index (χ1) is 38.7. The fourth-order valence-corrected chi connectivity index (χ4v) is 11.1. The summed E-state index contributed by atoms with van der Waals surface area (Å²) in [6, 6.07) is 51.7. The topological polar surface area (TPSA) is 208 Å². The van der Waals surface area contributed by atoms with Crippen LogP contribution in [-0.4, -0.2) is 58.4 Å². The Kier molecular flexibility index (Phi) is 16.1. The molecule has 5 heterocycles. The van der Waals surface area contributed by atoms with Crippen molar-refractivity contribution in [3.05, 3.63) is 212 Å². The van der Waals surface area contributed by atoms with E-state index in [0.29, 0.717) is 49.3 Å². The van der Waals surface area contributed by atoms with Crippen molar-refractivity contribution in [3.8, 4) is 28.4 Å². The van der Waals surface area contributed by atoms with Gasteiger partial charge in [-0.05, 0) is 144 Å². The van der Waals surface area contributed by atoms with E-state index in [1.165, 1.54) is 57.6 Å². The number of rotatable bonds is 8. The van der Waals surface area contributed by atoms with Crippen molar-refractivity contribution in [2.75, 3.05) is 30.5 Å². The van der Waals surface area contributed by atoms with Gasteiger partial charge < -0.3 is 26.5 Å². The van der Waals surface area contributed by atoms with Gasteiger partial charge in [-0.1, -0.05) is 103 Å². The van der Waals surface area contributed by atoms with Crippen molar-refractivity contribution >= 4 is 113 Å². The molecule has 0 spiro atoms. The molecule has 7 aromatic carbocycles. The summed E-state index contributed by atoms with van der Waals surface area (Å²) in [6.07, 6.45) is 5.16. The van der Waals surface area contributed by atoms with Gasteiger partial charge in [0.2, 0.25) is 11.6 Å². The zero-order chi connectivity index (χ0) is 56.0. The van der Waals surface area contributed by atoms with Gasteiger partial charge >= 0.3 is 0 Å². The summed E-state index contributed by atoms with van der Waals surface area (Å²) in [7, 11) is 3.96. The molecule has 1 aliphatic carbocycles. The summed E-state index contributed by atoms with van der Waals surface area (Å²) in [5.41, 5.74) is 25.2. The summed E-state index contributed by atoms with van der Waals surface area (Å²) in [6.45, 7) is 9.51. The van der Waals surface area contributed by atoms with Crippen LogP contribution >= 0.6 is 35.0 Å². The summed E-state index contributed by atoms with van der Waals surface area (Å²) in [4.78, 5) is 42.1. The number of aromatic amines is 1. The van der Waals surface area contributed by atoms with Crippen LogP contribution in [0, 0.1) is 16.7 Å². The predicted molar refractivity (Wildman–Crippen MR) is 325 cm³/mol. The number of imidazole rings is 2. The Balaban J connectivity index is 0.000000121. The third-order valence-electron chi connectivity index (χ3n) is 13.4. The third kappa shape index (κ3) is 11.8. The van der Waals surface area contributed by atoms with Crippen molar-refractivity contribution < 1.29 is 10.0 Å². The maximum absolute atomic E-state index is 10.8. The van der Waals surface area contributed by atoms with Crippen molar-refractivity contribution in [1.82, 2.24) is 34.3 Å². The maximum Gasteiger partial charge on any atom is 0.271 e. The molecule has 0 saturated heterocycles. The molecule has 0 atom stereocenters. The second kappa shape index (κ2) is 23.8. The number of nitro benzene ring substituents is 1. The lowest BCUT2D eigenvalue weighted by Gasteiger charge is -2.14. The molecule has 0 amide bonds. The number of nitro groups is 1. The van der Waals surface area contributed by atoms with Crippen molar-refractivity contribution in [3.63, 3.8) is 0 Å². The first-order valence-electron chi connectivity index (χ1n) is 25.6. The first-order valence-corrected chi connectivity index (χ1v) is 27.2. The molecule has 0 fully saturated rings. The van der Waals surface area contributed by atoms with E-state index < -0.39 is 4.92 Å². The van der Waals surface area contributed by atoms with Gasteiger partial charge in [-0.25, -0.2) is 29.8 Å². The highest BCUT2D eigenvalue weighted by Crippen LogP contribution is 2.40. The quantitative estimate of drug-likeness (QED) is 0.0213. The minimum absolute atomic E-state index is 0.0562. The monoisotopic (exact) mass is 1110 g/mol. The van der Waals surface area contributed by atoms with E-state index in [1.54, 1.807) is 18.2 Å². The molecule has 1 aliphatic rings. The van der Waals surface area contributed by atoms with E-state index in [-0.39, 0.29) is 11.6 Å². The van der Waals surface area contributed by atoms with Crippen molar-refractivity contribution in [1.29, 1.82) is 0 Å². The van der Waals surface area contributed by atoms with Gasteiger partial charge in [0, 0.05) is 65.1 Å². The molecule has 0 unspecified atom stereocenters. The van der Waals surface area contributed by atoms with Crippen LogP contribution in [0.5, 0.6) is 5.75 Å². The molecule has 0 aliphatic heterocycles. The number of phenols is 1. The number of para-hydroxylation sites is 2. The molecule has 12 aromatic rings. The highest BCUT2D eigenvalue weighted by atomic mass is 35.5. The molecule has 0 radical (unpaired) electrons. The number of nitrogens with zero attached hydrogens (tertiary/aromatic N) is 9. The largest absolute Gasteiger partial charge is 0.508 e. The number of aromatic hydroxyl groups is 1. The molecule has 5 aromatic heterocycles. The van der Waals surface area contributed by atoms with Crippen molar-refractivity contribution in [2.24, 2.45) is 0 Å². The smallest absolute Gasteiger partial charge is 0.271 e. The summed E-state index contributed by atoms with van der Waals surface area (Å²) < 4.78 is 1.85. The van der Waals surface area contributed by atoms with Crippen LogP contribution < -0.4 is 16.4 Å². The number of fused-ring (bicyclic) bond motifs is 9. The minimum Gasteiger partial charge on any atom is -0.508 e. The zero-order valence-electron chi connectivity index (χ0n) is 43.7. The van der Waals surface area contributed by atoms with Gasteiger partial charge in [-0.15, -0.1) is 0 Å². The third-order valence-corrected chi connectivity index (χ3v) is 14.8. The molecule has 0 bridgehead atoms. The summed E-state index contributed by atoms with van der Waals surface area (Å²) >= 11 is 13.6. The summed E-state index contributed by atoms with van der Waals surface area (Å²) in [5, 5.41) is 26.2. The molecule has 6 N–H and O–H groups in total. The van der Waals surface area contributed by atoms with Crippen LogP contribution in [0.3, 0.4) is 0 Å². The van der Waals surface area contributed by atoms with Gasteiger partial charge in [0.05, 0.1) is 44.8 Å². The van der Waals surface area contributed by atoms with E-state index in [9.17, 15) is 15.2 Å². The maximum atomic E-state index is 10.8. The molecular formula is C62H52Cl2N12O3S. The number of hydrogen-bond acceptors (Lipinski definition) is 12. The molecule has 398 valence electrons. The minimum atomic E-state index is -0.411. The number of H-pyrrole nitrogens is 1. The Hall–Kier alpha value is -9.27. The van der Waals surface area contributed by atoms with Crippen LogP contribution in [0.15, 0.2) is 174 Å². The van der Waals surface area contributed by atoms with Crippen LogP contribution in [-0.2, 0) is 19.3 Å². The van der Waals surface area contributed by atoms with Gasteiger partial charge in [0.25, 0.3) is 5.69 Å². The number of nitrogen functional groups attached to an aromatic ring is 2. The average molecular weight is 1120 g/mol. The number of aromatic nitrogens is 7. The number of anilines is 3. The number of phenolic OH excluding ortho intramolecular Hbond substituents is 1. The highest BCUT2D eigenvalue weighted by Gasteiger charge is 2.22. The lowest BCUT2D eigenvalue weighted by Crippen LogP contribution is -2.07. The van der Waals surface area contributed by atoms with Crippen LogP contribution in [0.4, 0.5) is 28.7 Å². The molecule has 18 heteroatoms. The standard InChI is InChI=1S/C22H17NO.C15H12ClN3.C15H14N4O2.C10H9ClN4S/c24-16-7-3-6-15(13-16)22-19-10-4-9-18(19)21-17-8-2-1-5-14(17)11-12-20(21)23-22;1-3-6-10-9-13(16)19-12-8-5-4-7-11(12)18-15(19)14(10)17-2;1-18(2)11-5-3-10(4-6-11)15-16-13-8-7-12(19(20)21)9-14(13)17-15;11-8-5-9(15-10(13)14-8)16-7-3-1-6(12)2-4-7/h1-3,5-8,11-13,24H,4,9-10H2;4-5,7-9H,3,6H2,1H3;3-9H,1-2H3,(H,16,17);1-5H,12H2,(H2,13,14,15). The number of non-ortho nitro benzene ring substituents is 1. The first kappa shape index (κ1) is 54.1. The second-order valence-electron chi connectivity index (χ2n) is 19.0. The Morgan fingerprint density at radius 1 is 0.775 bits per heavy atom. The average Bonchev–Trinajstić information content (AvgIpc) is 4.18. The summed E-state index contributed by atoms with van der Waals surface area (Å²) in [5.74, 6) is 1.17. The lowest BCUT2D eigenvalue weighted by atomic mass is 9.95. The Morgan fingerprint density at radius 2 is 1.52 bits per heavy atom. The number of aryl methyl sites for hydroxylation is 2. The number of nitrogens with one attached hydrogen (secondary N) is 1. The highest BCUT2D eigenvalue weighted by molar-refractivity contribution is 7.99. The van der Waals surface area contributed by atoms with Gasteiger partial charge in [0.15, 0.2) is 0 Å². The Labute approximate surface area is 474 Å². The van der Waals surface area contributed by atoms with Crippen molar-refractivity contribution in [2.45, 2.75) is 48.9 Å². The fraction of sp³-hybridized carbons (Fsp3) is 0.129. The van der Waals surface area contributed by atoms with Gasteiger partial charge in [-0.2, -0.15) is 0 Å². The van der Waals surface area contributed by atoms with E-state index in [1.807, 2.05) is 120 Å². The number of pyridine rings is 2. The van der Waals surface area contributed by atoms with Crippen LogP contribution in [0.2, 0.25) is 10.3 Å². The number of benzene rings is 7. The lowest BCUT2D eigenvalue weighted by molar-refractivity contribution is -0.384. The number of hydrogen-bond donors (Lipinski definition) is 4. The second-order valence-corrected chi connectivity index (χ2v) is 20.9. The Morgan fingerprint density at radius 3 is 2.26 bits per heavy atom. The Bertz CT molecular complexity index is 4290. The SMILES string of the molecule is CN(C)c1ccc(-c2nc3ccc([N+](=O)[O-])cc3[nH]2)cc1.Nc1ccc(Sc2cc(Cl)nc(N)n2)cc1.Oc1cccc(-c2nc3ccc4ccccc4c3c3c2CCC3)c1.[C-]#[N+]c1c(CCC)cc(Cl)n2c1nc1ccccc12. The normalized spacial score (nSPS) is 11.6. The molecule has 80 heavy (non-hydrogen) atoms. The zero-order valence-corrected chi connectivity index (χ0v) is 46.1. The number of nitrogens with two attached hydrogens (primary N) is 2. The molecule has 15 nitrogen and oxygen atoms in total. The van der Waals surface area contributed by atoms with E-state index >= 15 is 0 Å². The molecule has 0 saturated carbocycles.